The van der Waals surface area contributed by atoms with Gasteiger partial charge in [0.2, 0.25) is 0 Å². The lowest BCUT2D eigenvalue weighted by Crippen LogP contribution is -2.43. The second-order valence-corrected chi connectivity index (χ2v) is 3.73. The predicted molar refractivity (Wildman–Crippen MR) is 59.4 cm³/mol. The molecule has 0 radical (unpaired) electrons. The van der Waals surface area contributed by atoms with E-state index >= 15 is 0 Å². The van der Waals surface area contributed by atoms with Gasteiger partial charge in [0.15, 0.2) is 0 Å². The Morgan fingerprint density at radius 1 is 1.33 bits per heavy atom. The Balaban J connectivity index is 2.19. The van der Waals surface area contributed by atoms with Crippen LogP contribution < -0.4 is 16.0 Å². The van der Waals surface area contributed by atoms with Crippen LogP contribution in [0.1, 0.15) is 5.56 Å². The van der Waals surface area contributed by atoms with Crippen LogP contribution in [-0.2, 0) is 6.54 Å². The number of hydrogen-bond donors (Lipinski definition) is 2. The van der Waals surface area contributed by atoms with Crippen molar-refractivity contribution in [2.24, 2.45) is 5.73 Å². The standard InChI is InChI=1S/C11H16FN3/c12-10-7-9(8-13)1-2-11(10)15-5-3-14-4-6-15/h1-2,7,14H,3-6,8,13H2. The first kappa shape index (κ1) is 10.4. The van der Waals surface area contributed by atoms with Gasteiger partial charge in [-0.25, -0.2) is 4.39 Å². The summed E-state index contributed by atoms with van der Waals surface area (Å²) >= 11 is 0. The van der Waals surface area contributed by atoms with Gasteiger partial charge in [0.1, 0.15) is 5.82 Å². The van der Waals surface area contributed by atoms with Gasteiger partial charge < -0.3 is 16.0 Å². The van der Waals surface area contributed by atoms with Gasteiger partial charge >= 0.3 is 0 Å². The SMILES string of the molecule is NCc1ccc(N2CCNCC2)c(F)c1. The largest absolute Gasteiger partial charge is 0.367 e. The summed E-state index contributed by atoms with van der Waals surface area (Å²) in [5, 5.41) is 3.24. The minimum atomic E-state index is -0.167. The molecule has 1 saturated heterocycles. The maximum atomic E-state index is 13.7. The first-order chi connectivity index (χ1) is 7.31. The molecule has 1 aromatic rings. The van der Waals surface area contributed by atoms with Crippen LogP contribution in [0.5, 0.6) is 0 Å². The van der Waals surface area contributed by atoms with Crippen molar-refractivity contribution < 1.29 is 4.39 Å². The summed E-state index contributed by atoms with van der Waals surface area (Å²) in [5.41, 5.74) is 6.98. The van der Waals surface area contributed by atoms with Crippen molar-refractivity contribution in [1.29, 1.82) is 0 Å². The van der Waals surface area contributed by atoms with Crippen LogP contribution in [0, 0.1) is 5.82 Å². The second-order valence-electron chi connectivity index (χ2n) is 3.73. The minimum absolute atomic E-state index is 0.167. The first-order valence-corrected chi connectivity index (χ1v) is 5.25. The van der Waals surface area contributed by atoms with Crippen molar-refractivity contribution in [1.82, 2.24) is 5.32 Å². The van der Waals surface area contributed by atoms with Gasteiger partial charge in [0.25, 0.3) is 0 Å². The summed E-state index contributed by atoms with van der Waals surface area (Å²) in [6, 6.07) is 5.24. The van der Waals surface area contributed by atoms with Crippen LogP contribution in [-0.4, -0.2) is 26.2 Å². The fourth-order valence-corrected chi connectivity index (χ4v) is 1.84. The minimum Gasteiger partial charge on any atom is -0.367 e. The molecule has 0 saturated carbocycles. The fraction of sp³-hybridized carbons (Fsp3) is 0.455. The molecule has 1 aromatic carbocycles. The highest BCUT2D eigenvalue weighted by Crippen LogP contribution is 2.20. The topological polar surface area (TPSA) is 41.3 Å². The zero-order valence-corrected chi connectivity index (χ0v) is 8.67. The van der Waals surface area contributed by atoms with E-state index in [1.807, 2.05) is 12.1 Å². The first-order valence-electron chi connectivity index (χ1n) is 5.25. The number of nitrogens with zero attached hydrogens (tertiary/aromatic N) is 1. The summed E-state index contributed by atoms with van der Waals surface area (Å²) < 4.78 is 13.7. The number of nitrogens with one attached hydrogen (secondary N) is 1. The van der Waals surface area contributed by atoms with Gasteiger partial charge in [-0.3, -0.25) is 0 Å². The number of benzene rings is 1. The maximum absolute atomic E-state index is 13.7. The molecule has 0 aliphatic carbocycles. The fourth-order valence-electron chi connectivity index (χ4n) is 1.84. The van der Waals surface area contributed by atoms with E-state index < -0.39 is 0 Å². The van der Waals surface area contributed by atoms with Crippen LogP contribution in [0.4, 0.5) is 10.1 Å². The second kappa shape index (κ2) is 4.59. The molecule has 1 aliphatic rings. The summed E-state index contributed by atoms with van der Waals surface area (Å²) in [6.45, 7) is 3.94. The zero-order chi connectivity index (χ0) is 10.7. The zero-order valence-electron chi connectivity index (χ0n) is 8.67. The molecule has 0 amide bonds. The Bertz CT molecular complexity index is 335. The molecule has 0 bridgehead atoms. The van der Waals surface area contributed by atoms with E-state index in [4.69, 9.17) is 5.73 Å². The predicted octanol–water partition coefficient (Wildman–Crippen LogP) is 0.694. The van der Waals surface area contributed by atoms with E-state index in [1.54, 1.807) is 0 Å². The van der Waals surface area contributed by atoms with Crippen LogP contribution >= 0.6 is 0 Å². The molecule has 2 rings (SSSR count). The normalized spacial score (nSPS) is 16.8. The molecule has 82 valence electrons. The van der Waals surface area contributed by atoms with Crippen LogP contribution in [0.25, 0.3) is 0 Å². The Kier molecular flexibility index (Phi) is 3.18. The highest BCUT2D eigenvalue weighted by Gasteiger charge is 2.14. The summed E-state index contributed by atoms with van der Waals surface area (Å²) in [4.78, 5) is 2.06. The lowest BCUT2D eigenvalue weighted by molar-refractivity contribution is 0.565. The third-order valence-electron chi connectivity index (χ3n) is 2.71. The van der Waals surface area contributed by atoms with Crippen molar-refractivity contribution >= 4 is 5.69 Å². The lowest BCUT2D eigenvalue weighted by atomic mass is 10.1. The molecule has 0 atom stereocenters. The van der Waals surface area contributed by atoms with Crippen molar-refractivity contribution in [3.05, 3.63) is 29.6 Å². The Morgan fingerprint density at radius 3 is 2.67 bits per heavy atom. The molecule has 15 heavy (non-hydrogen) atoms. The Morgan fingerprint density at radius 2 is 2.07 bits per heavy atom. The number of rotatable bonds is 2. The van der Waals surface area contributed by atoms with E-state index in [1.165, 1.54) is 6.07 Å². The molecular weight excluding hydrogens is 193 g/mol. The number of halogens is 1. The molecular formula is C11H16FN3. The van der Waals surface area contributed by atoms with Gasteiger partial charge in [-0.1, -0.05) is 6.07 Å². The summed E-state index contributed by atoms with van der Waals surface area (Å²) in [7, 11) is 0. The molecule has 0 aromatic heterocycles. The van der Waals surface area contributed by atoms with E-state index in [0.717, 1.165) is 31.7 Å². The summed E-state index contributed by atoms with van der Waals surface area (Å²) in [5.74, 6) is -0.167. The van der Waals surface area contributed by atoms with E-state index in [-0.39, 0.29) is 5.82 Å². The molecule has 1 heterocycles. The van der Waals surface area contributed by atoms with Crippen LogP contribution in [0.2, 0.25) is 0 Å². The average molecular weight is 209 g/mol. The van der Waals surface area contributed by atoms with Crippen LogP contribution in [0.15, 0.2) is 18.2 Å². The quantitative estimate of drug-likeness (QED) is 0.753. The third-order valence-corrected chi connectivity index (χ3v) is 2.71. The third kappa shape index (κ3) is 2.27. The number of nitrogens with two attached hydrogens (primary N) is 1. The van der Waals surface area contributed by atoms with Crippen LogP contribution in [0.3, 0.4) is 0 Å². The van der Waals surface area contributed by atoms with Crippen molar-refractivity contribution in [2.75, 3.05) is 31.1 Å². The van der Waals surface area contributed by atoms with E-state index in [0.29, 0.717) is 12.2 Å². The molecule has 1 fully saturated rings. The summed E-state index contributed by atoms with van der Waals surface area (Å²) in [6.07, 6.45) is 0. The van der Waals surface area contributed by atoms with Gasteiger partial charge in [0.05, 0.1) is 5.69 Å². The monoisotopic (exact) mass is 209 g/mol. The highest BCUT2D eigenvalue weighted by atomic mass is 19.1. The number of piperazine rings is 1. The number of hydrogen-bond acceptors (Lipinski definition) is 3. The van der Waals surface area contributed by atoms with Crippen molar-refractivity contribution in [2.45, 2.75) is 6.54 Å². The maximum Gasteiger partial charge on any atom is 0.146 e. The Hall–Kier alpha value is -1.13. The van der Waals surface area contributed by atoms with Crippen molar-refractivity contribution in [3.63, 3.8) is 0 Å². The lowest BCUT2D eigenvalue weighted by Gasteiger charge is -2.29. The number of anilines is 1. The van der Waals surface area contributed by atoms with Gasteiger partial charge in [-0.15, -0.1) is 0 Å². The molecule has 3 nitrogen and oxygen atoms in total. The van der Waals surface area contributed by atoms with Crippen molar-refractivity contribution in [3.8, 4) is 0 Å². The Labute approximate surface area is 89.1 Å². The molecule has 0 unspecified atom stereocenters. The smallest absolute Gasteiger partial charge is 0.146 e. The molecule has 1 aliphatic heterocycles. The van der Waals surface area contributed by atoms with Gasteiger partial charge in [-0.2, -0.15) is 0 Å². The molecule has 4 heteroatoms. The average Bonchev–Trinajstić information content (AvgIpc) is 2.30. The van der Waals surface area contributed by atoms with E-state index in [2.05, 4.69) is 10.2 Å². The molecule has 0 spiro atoms. The van der Waals surface area contributed by atoms with Gasteiger partial charge in [0, 0.05) is 32.7 Å². The molecule has 3 N–H and O–H groups in total. The highest BCUT2D eigenvalue weighted by molar-refractivity contribution is 5.49. The van der Waals surface area contributed by atoms with E-state index in [9.17, 15) is 4.39 Å². The van der Waals surface area contributed by atoms with Gasteiger partial charge in [-0.05, 0) is 17.7 Å².